The van der Waals surface area contributed by atoms with Gasteiger partial charge in [-0.15, -0.1) is 0 Å². The van der Waals surface area contributed by atoms with Crippen molar-refractivity contribution < 1.29 is 19.8 Å². The van der Waals surface area contributed by atoms with Gasteiger partial charge >= 0.3 is 5.97 Å². The molecule has 4 heteroatoms. The zero-order chi connectivity index (χ0) is 18.9. The Balaban J connectivity index is 1.70. The van der Waals surface area contributed by atoms with Gasteiger partial charge in [-0.1, -0.05) is 32.4 Å². The van der Waals surface area contributed by atoms with E-state index in [4.69, 9.17) is 0 Å². The van der Waals surface area contributed by atoms with Crippen LogP contribution in [0.2, 0.25) is 0 Å². The van der Waals surface area contributed by atoms with Crippen LogP contribution < -0.4 is 0 Å². The molecule has 4 aliphatic carbocycles. The van der Waals surface area contributed by atoms with Gasteiger partial charge in [-0.3, -0.25) is 9.59 Å². The third kappa shape index (κ3) is 2.24. The molecule has 0 bridgehead atoms. The van der Waals surface area contributed by atoms with E-state index in [2.05, 4.69) is 19.9 Å². The van der Waals surface area contributed by atoms with E-state index in [0.717, 1.165) is 25.7 Å². The Morgan fingerprint density at radius 3 is 2.65 bits per heavy atom. The fraction of sp³-hybridized carbons (Fsp3) is 0.727. The first-order valence-electron chi connectivity index (χ1n) is 10.0. The minimum absolute atomic E-state index is 0.0363. The molecule has 4 rings (SSSR count). The van der Waals surface area contributed by atoms with Gasteiger partial charge in [0.15, 0.2) is 5.78 Å². The number of aliphatic hydroxyl groups is 1. The highest BCUT2D eigenvalue weighted by molar-refractivity contribution is 6.01. The molecule has 4 nitrogen and oxygen atoms in total. The summed E-state index contributed by atoms with van der Waals surface area (Å²) in [5, 5.41) is 20.8. The molecule has 2 N–H and O–H groups in total. The van der Waals surface area contributed by atoms with Gasteiger partial charge in [-0.2, -0.15) is 0 Å². The van der Waals surface area contributed by atoms with Crippen LogP contribution in [0.4, 0.5) is 0 Å². The zero-order valence-corrected chi connectivity index (χ0v) is 15.9. The van der Waals surface area contributed by atoms with E-state index in [1.807, 2.05) is 0 Å². The number of ketones is 1. The number of hydrogen-bond acceptors (Lipinski definition) is 3. The maximum atomic E-state index is 11.8. The molecule has 0 unspecified atom stereocenters. The van der Waals surface area contributed by atoms with Gasteiger partial charge in [0.1, 0.15) is 0 Å². The van der Waals surface area contributed by atoms with Gasteiger partial charge < -0.3 is 10.2 Å². The standard InChI is InChI=1S/C22H30O4/c1-12(20(25)26)16-6-7-17-15-5-4-13-10-14(23)8-9-21(13,2)18(15)11-19(24)22(16,17)3/h8-10,12,15-19,24H,4-7,11H2,1-3H3,(H,25,26)/t12-,15-,16+,17-,18-,19+,21-,22+/m0/s1. The summed E-state index contributed by atoms with van der Waals surface area (Å²) in [6.45, 7) is 6.17. The van der Waals surface area contributed by atoms with Crippen LogP contribution >= 0.6 is 0 Å². The number of allylic oxidation sites excluding steroid dienone is 4. The average molecular weight is 358 g/mol. The number of carboxylic acids is 1. The lowest BCUT2D eigenvalue weighted by Gasteiger charge is -2.59. The lowest BCUT2D eigenvalue weighted by atomic mass is 9.46. The number of carbonyl (C=O) groups excluding carboxylic acids is 1. The lowest BCUT2D eigenvalue weighted by Crippen LogP contribution is -2.56. The Morgan fingerprint density at radius 2 is 1.96 bits per heavy atom. The van der Waals surface area contributed by atoms with Crippen LogP contribution in [0.1, 0.15) is 52.9 Å². The largest absolute Gasteiger partial charge is 0.481 e. The predicted molar refractivity (Wildman–Crippen MR) is 98.3 cm³/mol. The third-order valence-electron chi connectivity index (χ3n) is 8.73. The maximum Gasteiger partial charge on any atom is 0.306 e. The summed E-state index contributed by atoms with van der Waals surface area (Å²) in [5.74, 6) is 0.141. The van der Waals surface area contributed by atoms with E-state index in [0.29, 0.717) is 24.2 Å². The highest BCUT2D eigenvalue weighted by Gasteiger charge is 2.63. The molecule has 26 heavy (non-hydrogen) atoms. The van der Waals surface area contributed by atoms with E-state index >= 15 is 0 Å². The average Bonchev–Trinajstić information content (AvgIpc) is 2.94. The molecule has 8 atom stereocenters. The Kier molecular flexibility index (Phi) is 4.00. The Bertz CT molecular complexity index is 707. The van der Waals surface area contributed by atoms with E-state index in [1.165, 1.54) is 5.57 Å². The molecule has 0 spiro atoms. The summed E-state index contributed by atoms with van der Waals surface area (Å²) < 4.78 is 0. The number of fused-ring (bicyclic) bond motifs is 5. The number of rotatable bonds is 2. The molecule has 0 heterocycles. The summed E-state index contributed by atoms with van der Waals surface area (Å²) in [7, 11) is 0. The van der Waals surface area contributed by atoms with Gasteiger partial charge in [0.25, 0.3) is 0 Å². The first-order chi connectivity index (χ1) is 12.2. The minimum Gasteiger partial charge on any atom is -0.481 e. The number of hydrogen-bond donors (Lipinski definition) is 2. The van der Waals surface area contributed by atoms with E-state index in [9.17, 15) is 19.8 Å². The molecule has 0 saturated heterocycles. The van der Waals surface area contributed by atoms with Gasteiger partial charge in [0.05, 0.1) is 12.0 Å². The van der Waals surface area contributed by atoms with Crippen molar-refractivity contribution in [2.24, 2.45) is 40.4 Å². The van der Waals surface area contributed by atoms with Gasteiger partial charge in [0.2, 0.25) is 0 Å². The summed E-state index contributed by atoms with van der Waals surface area (Å²) in [6.07, 6.45) is 9.68. The van der Waals surface area contributed by atoms with Crippen LogP contribution in [0, 0.1) is 40.4 Å². The number of aliphatic hydroxyl groups excluding tert-OH is 1. The number of aliphatic carboxylic acids is 1. The Morgan fingerprint density at radius 1 is 1.23 bits per heavy atom. The van der Waals surface area contributed by atoms with Crippen LogP contribution in [0.5, 0.6) is 0 Å². The zero-order valence-electron chi connectivity index (χ0n) is 15.9. The normalized spacial score (nSPS) is 48.2. The quantitative estimate of drug-likeness (QED) is 0.791. The van der Waals surface area contributed by atoms with Crippen LogP contribution in [0.3, 0.4) is 0 Å². The first kappa shape index (κ1) is 18.0. The molecule has 0 amide bonds. The maximum absolute atomic E-state index is 11.8. The van der Waals surface area contributed by atoms with Crippen molar-refractivity contribution in [1.29, 1.82) is 0 Å². The topological polar surface area (TPSA) is 74.6 Å². The summed E-state index contributed by atoms with van der Waals surface area (Å²) in [6, 6.07) is 0. The first-order valence-corrected chi connectivity index (χ1v) is 10.0. The second kappa shape index (κ2) is 5.79. The van der Waals surface area contributed by atoms with E-state index in [-0.39, 0.29) is 22.5 Å². The molecule has 142 valence electrons. The number of carbonyl (C=O) groups is 2. The van der Waals surface area contributed by atoms with Gasteiger partial charge in [-0.05, 0) is 67.9 Å². The molecule has 0 aromatic heterocycles. The molecule has 0 radical (unpaired) electrons. The Hall–Kier alpha value is -1.42. The van der Waals surface area contributed by atoms with Crippen molar-refractivity contribution >= 4 is 11.8 Å². The summed E-state index contributed by atoms with van der Waals surface area (Å²) in [5.41, 5.74) is 0.760. The Labute approximate surface area is 155 Å². The van der Waals surface area contributed by atoms with Crippen LogP contribution in [-0.2, 0) is 9.59 Å². The fourth-order valence-corrected chi connectivity index (χ4v) is 7.19. The van der Waals surface area contributed by atoms with E-state index in [1.54, 1.807) is 19.1 Å². The molecule has 4 aliphatic rings. The monoisotopic (exact) mass is 358 g/mol. The van der Waals surface area contributed by atoms with E-state index < -0.39 is 18.0 Å². The van der Waals surface area contributed by atoms with Crippen molar-refractivity contribution in [3.8, 4) is 0 Å². The lowest BCUT2D eigenvalue weighted by molar-refractivity contribution is -0.155. The summed E-state index contributed by atoms with van der Waals surface area (Å²) in [4.78, 5) is 23.5. The minimum atomic E-state index is -0.749. The predicted octanol–water partition coefficient (Wildman–Crippen LogP) is 3.60. The smallest absolute Gasteiger partial charge is 0.306 e. The van der Waals surface area contributed by atoms with Crippen molar-refractivity contribution in [1.82, 2.24) is 0 Å². The van der Waals surface area contributed by atoms with Gasteiger partial charge in [0, 0.05) is 10.8 Å². The number of carboxylic acid groups (broad SMARTS) is 1. The van der Waals surface area contributed by atoms with Crippen LogP contribution in [0.15, 0.2) is 23.8 Å². The highest BCUT2D eigenvalue weighted by atomic mass is 16.4. The summed E-state index contributed by atoms with van der Waals surface area (Å²) >= 11 is 0. The molecule has 0 aromatic rings. The molecule has 0 aliphatic heterocycles. The second-order valence-corrected chi connectivity index (χ2v) is 9.53. The molecular formula is C22H30O4. The second-order valence-electron chi connectivity index (χ2n) is 9.53. The van der Waals surface area contributed by atoms with Crippen molar-refractivity contribution in [2.75, 3.05) is 0 Å². The SMILES string of the molecule is C[C@H](C(=O)O)[C@H]1CC[C@H]2[C@@H]3CCC4=CC(=O)C=C[C@]4(C)[C@H]3C[C@@H](O)[C@]12C. The molecule has 3 saturated carbocycles. The molecular weight excluding hydrogens is 328 g/mol. The third-order valence-corrected chi connectivity index (χ3v) is 8.73. The van der Waals surface area contributed by atoms with Crippen molar-refractivity contribution in [3.63, 3.8) is 0 Å². The van der Waals surface area contributed by atoms with Crippen LogP contribution in [0.25, 0.3) is 0 Å². The molecule has 3 fully saturated rings. The van der Waals surface area contributed by atoms with Gasteiger partial charge in [-0.25, -0.2) is 0 Å². The van der Waals surface area contributed by atoms with Crippen LogP contribution in [-0.4, -0.2) is 28.1 Å². The van der Waals surface area contributed by atoms with Crippen molar-refractivity contribution in [2.45, 2.75) is 59.0 Å². The fourth-order valence-electron chi connectivity index (χ4n) is 7.19. The highest BCUT2D eigenvalue weighted by Crippen LogP contribution is 2.66. The molecule has 0 aromatic carbocycles. The van der Waals surface area contributed by atoms with Crippen molar-refractivity contribution in [3.05, 3.63) is 23.8 Å².